The van der Waals surface area contributed by atoms with E-state index in [1.807, 2.05) is 0 Å². The first-order valence-corrected chi connectivity index (χ1v) is 2.45. The molecule has 0 aliphatic heterocycles. The van der Waals surface area contributed by atoms with Crippen molar-refractivity contribution in [3.8, 4) is 5.88 Å². The number of anilines is 1. The van der Waals surface area contributed by atoms with Crippen LogP contribution in [-0.4, -0.2) is 17.3 Å². The fraction of sp³-hybridized carbons (Fsp3) is 0.200. The summed E-state index contributed by atoms with van der Waals surface area (Å²) in [5, 5.41) is 7.16. The zero-order chi connectivity index (χ0) is 6.69. The van der Waals surface area contributed by atoms with Gasteiger partial charge in [0, 0.05) is 6.07 Å². The van der Waals surface area contributed by atoms with Gasteiger partial charge in [0.1, 0.15) is 0 Å². The number of hydrogen-bond acceptors (Lipinski definition) is 4. The van der Waals surface area contributed by atoms with Gasteiger partial charge in [-0.2, -0.15) is 5.10 Å². The molecule has 0 fully saturated rings. The van der Waals surface area contributed by atoms with Crippen LogP contribution in [0.15, 0.2) is 12.3 Å². The third kappa shape index (κ3) is 1.28. The summed E-state index contributed by atoms with van der Waals surface area (Å²) < 4.78 is 4.74. The Bertz CT molecular complexity index is 201. The number of aromatic nitrogens is 2. The van der Waals surface area contributed by atoms with E-state index in [-0.39, 0.29) is 0 Å². The summed E-state index contributed by atoms with van der Waals surface area (Å²) in [5.41, 5.74) is 5.91. The summed E-state index contributed by atoms with van der Waals surface area (Å²) in [6.07, 6.45) is 1.46. The van der Waals surface area contributed by atoms with Crippen LogP contribution in [0.1, 0.15) is 0 Å². The van der Waals surface area contributed by atoms with Crippen LogP contribution >= 0.6 is 0 Å². The smallest absolute Gasteiger partial charge is 0.235 e. The number of methoxy groups -OCH3 is 1. The molecule has 9 heavy (non-hydrogen) atoms. The minimum atomic E-state index is 0.440. The molecule has 1 rings (SSSR count). The van der Waals surface area contributed by atoms with Crippen molar-refractivity contribution >= 4 is 5.69 Å². The van der Waals surface area contributed by atoms with Crippen LogP contribution in [0, 0.1) is 0 Å². The van der Waals surface area contributed by atoms with Crippen LogP contribution in [0.25, 0.3) is 0 Å². The molecule has 0 unspecified atom stereocenters. The average Bonchev–Trinajstić information content (AvgIpc) is 1.88. The topological polar surface area (TPSA) is 61.0 Å². The minimum absolute atomic E-state index is 0.440. The molecule has 0 aliphatic rings. The molecule has 1 aromatic heterocycles. The van der Waals surface area contributed by atoms with Gasteiger partial charge in [-0.15, -0.1) is 5.10 Å². The zero-order valence-corrected chi connectivity index (χ0v) is 5.03. The fourth-order valence-corrected chi connectivity index (χ4v) is 0.461. The Morgan fingerprint density at radius 3 is 2.89 bits per heavy atom. The highest BCUT2D eigenvalue weighted by atomic mass is 16.5. The van der Waals surface area contributed by atoms with Gasteiger partial charge in [-0.25, -0.2) is 0 Å². The van der Waals surface area contributed by atoms with Crippen molar-refractivity contribution in [1.82, 2.24) is 10.2 Å². The highest BCUT2D eigenvalue weighted by Gasteiger charge is 1.90. The molecule has 0 amide bonds. The molecule has 0 saturated heterocycles. The van der Waals surface area contributed by atoms with Gasteiger partial charge in [0.15, 0.2) is 0 Å². The van der Waals surface area contributed by atoms with Crippen LogP contribution < -0.4 is 10.5 Å². The Morgan fingerprint density at radius 1 is 1.67 bits per heavy atom. The van der Waals surface area contributed by atoms with E-state index in [0.29, 0.717) is 11.6 Å². The van der Waals surface area contributed by atoms with Gasteiger partial charge < -0.3 is 10.5 Å². The molecule has 1 aromatic rings. The van der Waals surface area contributed by atoms with Crippen LogP contribution in [0.4, 0.5) is 5.69 Å². The van der Waals surface area contributed by atoms with Crippen molar-refractivity contribution in [2.75, 3.05) is 12.8 Å². The molecule has 0 radical (unpaired) electrons. The Hall–Kier alpha value is -1.32. The van der Waals surface area contributed by atoms with Gasteiger partial charge in [-0.1, -0.05) is 0 Å². The molecule has 48 valence electrons. The predicted octanol–water partition coefficient (Wildman–Crippen LogP) is 0.0674. The van der Waals surface area contributed by atoms with E-state index in [4.69, 9.17) is 10.5 Å². The molecule has 0 spiro atoms. The molecule has 2 N–H and O–H groups in total. The van der Waals surface area contributed by atoms with Crippen molar-refractivity contribution in [3.63, 3.8) is 0 Å². The highest BCUT2D eigenvalue weighted by molar-refractivity contribution is 5.36. The fourth-order valence-electron chi connectivity index (χ4n) is 0.461. The average molecular weight is 125 g/mol. The van der Waals surface area contributed by atoms with Gasteiger partial charge in [-0.3, -0.25) is 0 Å². The van der Waals surface area contributed by atoms with Crippen LogP contribution in [-0.2, 0) is 0 Å². The summed E-state index contributed by atoms with van der Waals surface area (Å²) >= 11 is 0. The van der Waals surface area contributed by atoms with Gasteiger partial charge >= 0.3 is 0 Å². The van der Waals surface area contributed by atoms with E-state index in [2.05, 4.69) is 10.2 Å². The lowest BCUT2D eigenvalue weighted by atomic mass is 10.5. The summed E-state index contributed by atoms with van der Waals surface area (Å²) in [7, 11) is 1.52. The zero-order valence-electron chi connectivity index (χ0n) is 5.03. The second-order valence-corrected chi connectivity index (χ2v) is 1.53. The number of nitrogen functional groups attached to an aromatic ring is 1. The molecular formula is C5H7N3O. The highest BCUT2D eigenvalue weighted by Crippen LogP contribution is 2.06. The molecule has 0 aliphatic carbocycles. The molecular weight excluding hydrogens is 118 g/mol. The van der Waals surface area contributed by atoms with E-state index in [1.165, 1.54) is 13.3 Å². The Labute approximate surface area is 52.7 Å². The SMILES string of the molecule is COc1cc(N)cnn1. The lowest BCUT2D eigenvalue weighted by Crippen LogP contribution is -1.92. The first-order valence-electron chi connectivity index (χ1n) is 2.45. The maximum Gasteiger partial charge on any atom is 0.235 e. The second-order valence-electron chi connectivity index (χ2n) is 1.53. The maximum atomic E-state index is 5.35. The molecule has 0 atom stereocenters. The maximum absolute atomic E-state index is 5.35. The number of nitrogens with two attached hydrogens (primary N) is 1. The second kappa shape index (κ2) is 2.30. The van der Waals surface area contributed by atoms with Gasteiger partial charge in [0.05, 0.1) is 19.0 Å². The third-order valence-corrected chi connectivity index (χ3v) is 0.862. The molecule has 4 nitrogen and oxygen atoms in total. The van der Waals surface area contributed by atoms with E-state index < -0.39 is 0 Å². The van der Waals surface area contributed by atoms with Crippen molar-refractivity contribution in [2.45, 2.75) is 0 Å². The number of ether oxygens (including phenoxy) is 1. The van der Waals surface area contributed by atoms with Crippen LogP contribution in [0.3, 0.4) is 0 Å². The van der Waals surface area contributed by atoms with Gasteiger partial charge in [-0.05, 0) is 0 Å². The number of rotatable bonds is 1. The number of nitrogens with zero attached hydrogens (tertiary/aromatic N) is 2. The summed E-state index contributed by atoms with van der Waals surface area (Å²) in [6.45, 7) is 0. The van der Waals surface area contributed by atoms with Crippen molar-refractivity contribution in [3.05, 3.63) is 12.3 Å². The van der Waals surface area contributed by atoms with Crippen LogP contribution in [0.5, 0.6) is 5.88 Å². The molecule has 4 heteroatoms. The summed E-state index contributed by atoms with van der Waals surface area (Å²) in [5.74, 6) is 0.440. The van der Waals surface area contributed by atoms with E-state index in [0.717, 1.165) is 0 Å². The van der Waals surface area contributed by atoms with Crippen molar-refractivity contribution in [2.24, 2.45) is 0 Å². The Kier molecular flexibility index (Phi) is 1.48. The van der Waals surface area contributed by atoms with Gasteiger partial charge in [0.2, 0.25) is 5.88 Å². The number of hydrogen-bond donors (Lipinski definition) is 1. The lowest BCUT2D eigenvalue weighted by molar-refractivity contribution is 0.392. The largest absolute Gasteiger partial charge is 0.480 e. The third-order valence-electron chi connectivity index (χ3n) is 0.862. The summed E-state index contributed by atoms with van der Waals surface area (Å²) in [6, 6.07) is 1.60. The first-order chi connectivity index (χ1) is 4.33. The monoisotopic (exact) mass is 125 g/mol. The Morgan fingerprint density at radius 2 is 2.44 bits per heavy atom. The molecule has 0 saturated carbocycles. The van der Waals surface area contributed by atoms with Gasteiger partial charge in [0.25, 0.3) is 0 Å². The predicted molar refractivity (Wildman–Crippen MR) is 33.0 cm³/mol. The molecule has 0 aromatic carbocycles. The van der Waals surface area contributed by atoms with Crippen molar-refractivity contribution < 1.29 is 4.74 Å². The quantitative estimate of drug-likeness (QED) is 0.576. The van der Waals surface area contributed by atoms with Crippen LogP contribution in [0.2, 0.25) is 0 Å². The normalized spacial score (nSPS) is 9.00. The minimum Gasteiger partial charge on any atom is -0.480 e. The Balaban J connectivity index is 2.94. The molecule has 1 heterocycles. The van der Waals surface area contributed by atoms with E-state index in [1.54, 1.807) is 6.07 Å². The van der Waals surface area contributed by atoms with E-state index >= 15 is 0 Å². The van der Waals surface area contributed by atoms with E-state index in [9.17, 15) is 0 Å². The van der Waals surface area contributed by atoms with Crippen molar-refractivity contribution in [1.29, 1.82) is 0 Å². The lowest BCUT2D eigenvalue weighted by Gasteiger charge is -1.95. The summed E-state index contributed by atoms with van der Waals surface area (Å²) in [4.78, 5) is 0. The standard InChI is InChI=1S/C5H7N3O/c1-9-5-2-4(6)3-7-8-5/h2-3H,1H3,(H2,6,8). The first kappa shape index (κ1) is 5.81. The molecule has 0 bridgehead atoms.